The van der Waals surface area contributed by atoms with Gasteiger partial charge in [0, 0.05) is 12.1 Å². The summed E-state index contributed by atoms with van der Waals surface area (Å²) in [7, 11) is 0. The number of ether oxygens (including phenoxy) is 1. The van der Waals surface area contributed by atoms with Crippen molar-refractivity contribution in [2.75, 3.05) is 0 Å². The third-order valence-corrected chi connectivity index (χ3v) is 2.89. The molecule has 1 aromatic carbocycles. The van der Waals surface area contributed by atoms with Gasteiger partial charge in [-0.3, -0.25) is 0 Å². The molecule has 7 heteroatoms. The topological polar surface area (TPSA) is 59.7 Å². The third-order valence-electron chi connectivity index (χ3n) is 1.98. The number of hydrogen-bond acceptors (Lipinski definition) is 3. The van der Waals surface area contributed by atoms with Gasteiger partial charge in [0.1, 0.15) is 11.6 Å². The van der Waals surface area contributed by atoms with E-state index in [4.69, 9.17) is 25.9 Å². The van der Waals surface area contributed by atoms with E-state index in [1.165, 1.54) is 18.2 Å². The van der Waals surface area contributed by atoms with Crippen molar-refractivity contribution in [3.63, 3.8) is 0 Å². The second kappa shape index (κ2) is 4.99. The van der Waals surface area contributed by atoms with Crippen LogP contribution in [0.25, 0.3) is 0 Å². The number of rotatable bonds is 3. The molecule has 0 atom stereocenters. The summed E-state index contributed by atoms with van der Waals surface area (Å²) in [5.74, 6) is -2.07. The molecule has 94 valence electrons. The molecule has 0 aliphatic rings. The summed E-state index contributed by atoms with van der Waals surface area (Å²) in [6.07, 6.45) is 0. The Morgan fingerprint density at radius 2 is 2.17 bits per heavy atom. The highest BCUT2D eigenvalue weighted by Crippen LogP contribution is 2.34. The quantitative estimate of drug-likeness (QED) is 0.848. The van der Waals surface area contributed by atoms with Crippen molar-refractivity contribution in [1.29, 1.82) is 0 Å². The fourth-order valence-electron chi connectivity index (χ4n) is 1.18. The van der Waals surface area contributed by atoms with E-state index in [1.54, 1.807) is 0 Å². The van der Waals surface area contributed by atoms with Gasteiger partial charge in [-0.25, -0.2) is 9.18 Å². The summed E-state index contributed by atoms with van der Waals surface area (Å²) in [4.78, 5) is 10.6. The van der Waals surface area contributed by atoms with Crippen molar-refractivity contribution in [3.8, 4) is 11.7 Å². The van der Waals surface area contributed by atoms with Crippen LogP contribution < -0.4 is 4.74 Å². The fourth-order valence-corrected chi connectivity index (χ4v) is 1.90. The Balaban J connectivity index is 2.28. The summed E-state index contributed by atoms with van der Waals surface area (Å²) >= 11 is 8.71. The van der Waals surface area contributed by atoms with E-state index in [1.807, 2.05) is 0 Å². The largest absolute Gasteiger partial charge is 0.475 e. The second-order valence-electron chi connectivity index (χ2n) is 3.22. The minimum atomic E-state index is -1.22. The molecule has 2 aromatic rings. The van der Waals surface area contributed by atoms with E-state index in [9.17, 15) is 9.18 Å². The zero-order valence-electron chi connectivity index (χ0n) is 8.62. The smallest absolute Gasteiger partial charge is 0.371 e. The second-order valence-corrected chi connectivity index (χ2v) is 4.48. The van der Waals surface area contributed by atoms with Gasteiger partial charge >= 0.3 is 5.97 Å². The number of hydrogen-bond donors (Lipinski definition) is 1. The first-order valence-electron chi connectivity index (χ1n) is 4.63. The lowest BCUT2D eigenvalue weighted by Gasteiger charge is -2.05. The molecule has 0 radical (unpaired) electrons. The summed E-state index contributed by atoms with van der Waals surface area (Å²) in [6, 6.07) is 4.95. The van der Waals surface area contributed by atoms with Crippen LogP contribution in [0.4, 0.5) is 4.39 Å². The van der Waals surface area contributed by atoms with Gasteiger partial charge in [-0.1, -0.05) is 11.6 Å². The maximum Gasteiger partial charge on any atom is 0.371 e. The van der Waals surface area contributed by atoms with Gasteiger partial charge < -0.3 is 14.3 Å². The predicted molar refractivity (Wildman–Crippen MR) is 64.9 cm³/mol. The minimum absolute atomic E-state index is 0.0557. The van der Waals surface area contributed by atoms with Crippen LogP contribution >= 0.6 is 27.5 Å². The van der Waals surface area contributed by atoms with Crippen molar-refractivity contribution in [1.82, 2.24) is 0 Å². The molecule has 0 aliphatic carbocycles. The Kier molecular flexibility index (Phi) is 3.58. The molecule has 0 aliphatic heterocycles. The molecule has 0 saturated carbocycles. The molecule has 0 fully saturated rings. The van der Waals surface area contributed by atoms with Gasteiger partial charge in [-0.2, -0.15) is 0 Å². The van der Waals surface area contributed by atoms with E-state index >= 15 is 0 Å². The lowest BCUT2D eigenvalue weighted by molar-refractivity contribution is 0.0657. The maximum absolute atomic E-state index is 13.2. The first-order valence-corrected chi connectivity index (χ1v) is 5.80. The lowest BCUT2D eigenvalue weighted by Crippen LogP contribution is -1.92. The average Bonchev–Trinajstić information content (AvgIpc) is 2.74. The Labute approximate surface area is 114 Å². The predicted octanol–water partition coefficient (Wildman–Crippen LogP) is 4.33. The van der Waals surface area contributed by atoms with Crippen molar-refractivity contribution >= 4 is 33.5 Å². The Bertz CT molecular complexity index is 611. The molecule has 0 spiro atoms. The van der Waals surface area contributed by atoms with Crippen LogP contribution in [0.3, 0.4) is 0 Å². The molecule has 0 unspecified atom stereocenters. The molecule has 4 nitrogen and oxygen atoms in total. The Hall–Kier alpha value is -1.53. The third kappa shape index (κ3) is 2.65. The van der Waals surface area contributed by atoms with Crippen LogP contribution in [0, 0.1) is 5.82 Å². The van der Waals surface area contributed by atoms with Crippen molar-refractivity contribution < 1.29 is 23.4 Å². The summed E-state index contributed by atoms with van der Waals surface area (Å²) in [5, 5.41) is 8.61. The number of furan rings is 1. The zero-order valence-corrected chi connectivity index (χ0v) is 11.0. The first kappa shape index (κ1) is 12.9. The molecule has 2 rings (SSSR count). The summed E-state index contributed by atoms with van der Waals surface area (Å²) in [5.41, 5.74) is 0. The molecular weight excluding hydrogens is 330 g/mol. The van der Waals surface area contributed by atoms with Crippen LogP contribution in [0.1, 0.15) is 10.6 Å². The first-order chi connectivity index (χ1) is 8.47. The van der Waals surface area contributed by atoms with Crippen LogP contribution in [0.15, 0.2) is 33.2 Å². The van der Waals surface area contributed by atoms with E-state index < -0.39 is 11.8 Å². The van der Waals surface area contributed by atoms with E-state index in [0.29, 0.717) is 4.47 Å². The number of carbonyl (C=O) groups is 1. The molecule has 0 bridgehead atoms. The maximum atomic E-state index is 13.2. The standard InChI is InChI=1S/C11H5BrClFO4/c12-5-3-6(13)7(14)4-9(5)18-10-2-1-8(17-10)11(15)16/h1-4H,(H,15,16). The van der Waals surface area contributed by atoms with Crippen molar-refractivity contribution in [3.05, 3.63) is 45.3 Å². The molecule has 1 heterocycles. The van der Waals surface area contributed by atoms with Gasteiger partial charge in [-0.15, -0.1) is 0 Å². The lowest BCUT2D eigenvalue weighted by atomic mass is 10.3. The van der Waals surface area contributed by atoms with E-state index in [2.05, 4.69) is 15.9 Å². The highest BCUT2D eigenvalue weighted by Gasteiger charge is 2.13. The van der Waals surface area contributed by atoms with E-state index in [-0.39, 0.29) is 22.5 Å². The number of carboxylic acids is 1. The number of carboxylic acid groups (broad SMARTS) is 1. The minimum Gasteiger partial charge on any atom is -0.475 e. The molecule has 0 saturated heterocycles. The normalized spacial score (nSPS) is 10.4. The highest BCUT2D eigenvalue weighted by atomic mass is 79.9. The average molecular weight is 336 g/mol. The zero-order chi connectivity index (χ0) is 13.3. The number of benzene rings is 1. The van der Waals surface area contributed by atoms with E-state index in [0.717, 1.165) is 6.07 Å². The van der Waals surface area contributed by atoms with Crippen LogP contribution in [0.2, 0.25) is 5.02 Å². The van der Waals surface area contributed by atoms with Gasteiger partial charge in [0.15, 0.2) is 0 Å². The molecule has 18 heavy (non-hydrogen) atoms. The van der Waals surface area contributed by atoms with Gasteiger partial charge in [-0.05, 0) is 28.1 Å². The molecular formula is C11H5BrClFO4. The number of aromatic carboxylic acids is 1. The Morgan fingerprint density at radius 3 is 2.78 bits per heavy atom. The summed E-state index contributed by atoms with van der Waals surface area (Å²) < 4.78 is 23.7. The van der Waals surface area contributed by atoms with Crippen molar-refractivity contribution in [2.45, 2.75) is 0 Å². The van der Waals surface area contributed by atoms with Gasteiger partial charge in [0.2, 0.25) is 5.76 Å². The Morgan fingerprint density at radius 1 is 1.44 bits per heavy atom. The molecule has 1 N–H and O–H groups in total. The molecule has 1 aromatic heterocycles. The fraction of sp³-hybridized carbons (Fsp3) is 0. The summed E-state index contributed by atoms with van der Waals surface area (Å²) in [6.45, 7) is 0. The van der Waals surface area contributed by atoms with Gasteiger partial charge in [0.05, 0.1) is 9.50 Å². The van der Waals surface area contributed by atoms with Crippen LogP contribution in [-0.4, -0.2) is 11.1 Å². The number of halogens is 3. The monoisotopic (exact) mass is 334 g/mol. The molecule has 0 amide bonds. The van der Waals surface area contributed by atoms with Crippen LogP contribution in [0.5, 0.6) is 11.7 Å². The highest BCUT2D eigenvalue weighted by molar-refractivity contribution is 9.10. The SMILES string of the molecule is O=C(O)c1ccc(Oc2cc(F)c(Cl)cc2Br)o1. The van der Waals surface area contributed by atoms with Gasteiger partial charge in [0.25, 0.3) is 5.95 Å². The van der Waals surface area contributed by atoms with Crippen molar-refractivity contribution in [2.24, 2.45) is 0 Å². The van der Waals surface area contributed by atoms with Crippen LogP contribution in [-0.2, 0) is 0 Å².